The minimum atomic E-state index is -1.14. The summed E-state index contributed by atoms with van der Waals surface area (Å²) in [5.41, 5.74) is 6.55. The van der Waals surface area contributed by atoms with E-state index in [1.54, 1.807) is 6.20 Å². The van der Waals surface area contributed by atoms with Crippen molar-refractivity contribution in [3.05, 3.63) is 18.2 Å². The molecule has 0 spiro atoms. The highest BCUT2D eigenvalue weighted by molar-refractivity contribution is 7.98. The average Bonchev–Trinajstić information content (AvgIpc) is 3.03. The van der Waals surface area contributed by atoms with Gasteiger partial charge in [0.2, 0.25) is 11.8 Å². The summed E-state index contributed by atoms with van der Waals surface area (Å²) in [6, 6.07) is -2.71. The summed E-state index contributed by atoms with van der Waals surface area (Å²) in [6.07, 6.45) is 5.57. The average molecular weight is 357 g/mol. The molecule has 24 heavy (non-hydrogen) atoms. The maximum atomic E-state index is 12.2. The highest BCUT2D eigenvalue weighted by atomic mass is 32.2. The minimum absolute atomic E-state index is 0.258. The Balaban J connectivity index is 2.64. The second kappa shape index (κ2) is 9.93. The number of H-pyrrole nitrogens is 1. The van der Waals surface area contributed by atoms with E-state index in [0.717, 1.165) is 0 Å². The van der Waals surface area contributed by atoms with Crippen molar-refractivity contribution < 1.29 is 19.5 Å². The minimum Gasteiger partial charge on any atom is -0.480 e. The van der Waals surface area contributed by atoms with E-state index < -0.39 is 35.9 Å². The number of carbonyl (C=O) groups is 3. The van der Waals surface area contributed by atoms with E-state index in [1.165, 1.54) is 25.0 Å². The predicted octanol–water partition coefficient (Wildman–Crippen LogP) is -0.893. The zero-order chi connectivity index (χ0) is 18.1. The number of carboxylic acids is 1. The summed E-state index contributed by atoms with van der Waals surface area (Å²) in [6.45, 7) is 1.36. The van der Waals surface area contributed by atoms with Crippen LogP contribution in [0.25, 0.3) is 0 Å². The van der Waals surface area contributed by atoms with Gasteiger partial charge in [0.05, 0.1) is 12.4 Å². The lowest BCUT2D eigenvalue weighted by atomic mass is 10.1. The number of nitrogens with zero attached hydrogens (tertiary/aromatic N) is 1. The van der Waals surface area contributed by atoms with Crippen molar-refractivity contribution in [3.8, 4) is 0 Å². The van der Waals surface area contributed by atoms with Gasteiger partial charge in [-0.05, 0) is 25.4 Å². The molecule has 0 aliphatic heterocycles. The Bertz CT molecular complexity index is 551. The highest BCUT2D eigenvalue weighted by Gasteiger charge is 2.26. The first-order chi connectivity index (χ1) is 11.3. The van der Waals surface area contributed by atoms with Gasteiger partial charge in [-0.15, -0.1) is 0 Å². The quantitative estimate of drug-likeness (QED) is 0.364. The van der Waals surface area contributed by atoms with E-state index in [2.05, 4.69) is 20.6 Å². The van der Waals surface area contributed by atoms with E-state index in [4.69, 9.17) is 10.8 Å². The molecule has 0 saturated heterocycles. The SMILES string of the molecule is CSCCC(NC(=O)C(N)Cc1cnc[nH]1)C(=O)NC(C)C(=O)O. The smallest absolute Gasteiger partial charge is 0.325 e. The van der Waals surface area contributed by atoms with Gasteiger partial charge in [0.25, 0.3) is 0 Å². The zero-order valence-electron chi connectivity index (χ0n) is 13.6. The second-order valence-electron chi connectivity index (χ2n) is 5.30. The van der Waals surface area contributed by atoms with E-state index in [0.29, 0.717) is 17.9 Å². The largest absolute Gasteiger partial charge is 0.480 e. The molecule has 3 atom stereocenters. The summed E-state index contributed by atoms with van der Waals surface area (Å²) < 4.78 is 0. The topological polar surface area (TPSA) is 150 Å². The van der Waals surface area contributed by atoms with Gasteiger partial charge in [-0.3, -0.25) is 14.4 Å². The fraction of sp³-hybridized carbons (Fsp3) is 0.571. The van der Waals surface area contributed by atoms with E-state index in [-0.39, 0.29) is 6.42 Å². The van der Waals surface area contributed by atoms with Gasteiger partial charge in [0.15, 0.2) is 0 Å². The molecule has 0 fully saturated rings. The number of aromatic nitrogens is 2. The van der Waals surface area contributed by atoms with Crippen molar-refractivity contribution in [1.82, 2.24) is 20.6 Å². The molecular formula is C14H23N5O4S. The van der Waals surface area contributed by atoms with Crippen LogP contribution in [0.4, 0.5) is 0 Å². The van der Waals surface area contributed by atoms with Crippen LogP contribution >= 0.6 is 11.8 Å². The van der Waals surface area contributed by atoms with Gasteiger partial charge < -0.3 is 26.5 Å². The number of amides is 2. The van der Waals surface area contributed by atoms with Crippen LogP contribution in [0.2, 0.25) is 0 Å². The molecular weight excluding hydrogens is 334 g/mol. The van der Waals surface area contributed by atoms with E-state index >= 15 is 0 Å². The number of aliphatic carboxylic acids is 1. The van der Waals surface area contributed by atoms with E-state index in [1.807, 2.05) is 6.26 Å². The van der Waals surface area contributed by atoms with Crippen LogP contribution < -0.4 is 16.4 Å². The number of rotatable bonds is 10. The predicted molar refractivity (Wildman–Crippen MR) is 90.4 cm³/mol. The first kappa shape index (κ1) is 20.0. The Morgan fingerprint density at radius 3 is 2.62 bits per heavy atom. The Morgan fingerprint density at radius 2 is 2.08 bits per heavy atom. The van der Waals surface area contributed by atoms with Crippen molar-refractivity contribution in [2.75, 3.05) is 12.0 Å². The molecule has 0 radical (unpaired) electrons. The van der Waals surface area contributed by atoms with Gasteiger partial charge in [-0.2, -0.15) is 11.8 Å². The molecule has 0 bridgehead atoms. The van der Waals surface area contributed by atoms with Gasteiger partial charge in [-0.1, -0.05) is 0 Å². The van der Waals surface area contributed by atoms with E-state index in [9.17, 15) is 14.4 Å². The maximum Gasteiger partial charge on any atom is 0.325 e. The summed E-state index contributed by atoms with van der Waals surface area (Å²) in [5, 5.41) is 13.8. The Kier molecular flexibility index (Phi) is 8.27. The maximum absolute atomic E-state index is 12.2. The molecule has 6 N–H and O–H groups in total. The normalized spacial score (nSPS) is 14.5. The molecule has 2 amide bonds. The molecule has 1 aromatic rings. The standard InChI is InChI=1S/C14H23N5O4S/c1-8(14(22)23)18-13(21)11(3-4-24-2)19-12(20)10(15)5-9-6-16-7-17-9/h6-8,10-11H,3-5,15H2,1-2H3,(H,16,17)(H,18,21)(H,19,20)(H,22,23). The molecule has 9 nitrogen and oxygen atoms in total. The van der Waals surface area contributed by atoms with Crippen LogP contribution in [0.15, 0.2) is 12.5 Å². The molecule has 3 unspecified atom stereocenters. The number of carbonyl (C=O) groups excluding carboxylic acids is 2. The number of hydrogen-bond donors (Lipinski definition) is 5. The van der Waals surface area contributed by atoms with Crippen LogP contribution in [-0.2, 0) is 20.8 Å². The van der Waals surface area contributed by atoms with Crippen molar-refractivity contribution in [2.45, 2.75) is 37.9 Å². The first-order valence-electron chi connectivity index (χ1n) is 7.40. The molecule has 134 valence electrons. The number of thioether (sulfide) groups is 1. The van der Waals surface area contributed by atoms with Crippen LogP contribution in [0.1, 0.15) is 19.0 Å². The van der Waals surface area contributed by atoms with Gasteiger partial charge in [-0.25, -0.2) is 4.98 Å². The number of aromatic amines is 1. The fourth-order valence-corrected chi connectivity index (χ4v) is 2.36. The molecule has 1 aromatic heterocycles. The molecule has 10 heteroatoms. The van der Waals surface area contributed by atoms with Crippen molar-refractivity contribution in [2.24, 2.45) is 5.73 Å². The lowest BCUT2D eigenvalue weighted by Crippen LogP contribution is -2.54. The number of carboxylic acid groups (broad SMARTS) is 1. The molecule has 0 aromatic carbocycles. The third-order valence-corrected chi connectivity index (χ3v) is 3.95. The van der Waals surface area contributed by atoms with Gasteiger partial charge in [0, 0.05) is 18.3 Å². The third kappa shape index (κ3) is 6.59. The number of hydrogen-bond acceptors (Lipinski definition) is 6. The van der Waals surface area contributed by atoms with Crippen molar-refractivity contribution in [1.29, 1.82) is 0 Å². The van der Waals surface area contributed by atoms with Crippen LogP contribution in [0, 0.1) is 0 Å². The lowest BCUT2D eigenvalue weighted by Gasteiger charge is -2.21. The number of imidazole rings is 1. The second-order valence-corrected chi connectivity index (χ2v) is 6.28. The molecule has 0 aliphatic carbocycles. The summed E-state index contributed by atoms with van der Waals surface area (Å²) >= 11 is 1.52. The van der Waals surface area contributed by atoms with Crippen LogP contribution in [-0.4, -0.2) is 63.0 Å². The van der Waals surface area contributed by atoms with Crippen molar-refractivity contribution in [3.63, 3.8) is 0 Å². The Hall–Kier alpha value is -2.07. The van der Waals surface area contributed by atoms with Gasteiger partial charge >= 0.3 is 5.97 Å². The molecule has 0 aliphatic rings. The Labute approximate surface area is 144 Å². The molecule has 1 rings (SSSR count). The summed E-state index contributed by atoms with van der Waals surface area (Å²) in [4.78, 5) is 41.9. The number of nitrogens with two attached hydrogens (primary N) is 1. The van der Waals surface area contributed by atoms with Crippen LogP contribution in [0.3, 0.4) is 0 Å². The first-order valence-corrected chi connectivity index (χ1v) is 8.79. The molecule has 0 saturated carbocycles. The fourth-order valence-electron chi connectivity index (χ4n) is 1.88. The number of nitrogens with one attached hydrogen (secondary N) is 3. The van der Waals surface area contributed by atoms with Gasteiger partial charge in [0.1, 0.15) is 12.1 Å². The lowest BCUT2D eigenvalue weighted by molar-refractivity contribution is -0.141. The zero-order valence-corrected chi connectivity index (χ0v) is 14.4. The Morgan fingerprint density at radius 1 is 1.38 bits per heavy atom. The third-order valence-electron chi connectivity index (χ3n) is 3.30. The monoisotopic (exact) mass is 357 g/mol. The summed E-state index contributed by atoms with van der Waals surface area (Å²) in [7, 11) is 0. The van der Waals surface area contributed by atoms with Crippen LogP contribution in [0.5, 0.6) is 0 Å². The van der Waals surface area contributed by atoms with Crippen molar-refractivity contribution >= 4 is 29.5 Å². The summed E-state index contributed by atoms with van der Waals surface area (Å²) in [5.74, 6) is -1.53. The highest BCUT2D eigenvalue weighted by Crippen LogP contribution is 2.03. The molecule has 1 heterocycles.